The van der Waals surface area contributed by atoms with Crippen molar-refractivity contribution in [3.8, 4) is 17.2 Å². The number of nitrogens with zero attached hydrogens (tertiary/aromatic N) is 4. The van der Waals surface area contributed by atoms with Crippen molar-refractivity contribution in [2.75, 3.05) is 0 Å². The Kier molecular flexibility index (Phi) is 4.07. The lowest BCUT2D eigenvalue weighted by atomic mass is 10.1. The summed E-state index contributed by atoms with van der Waals surface area (Å²) < 4.78 is 3.45. The number of hydrogen-bond donors (Lipinski definition) is 0. The molecular formula is C31H18N4S. The molecule has 0 aliphatic carbocycles. The number of hydrogen-bond acceptors (Lipinski definition) is 4. The van der Waals surface area contributed by atoms with Crippen LogP contribution in [0.25, 0.3) is 70.2 Å². The van der Waals surface area contributed by atoms with Gasteiger partial charge in [-0.3, -0.25) is 4.57 Å². The molecule has 0 atom stereocenters. The molecule has 0 unspecified atom stereocenters. The highest BCUT2D eigenvalue weighted by Crippen LogP contribution is 2.40. The Morgan fingerprint density at radius 2 is 1.36 bits per heavy atom. The Labute approximate surface area is 210 Å². The van der Waals surface area contributed by atoms with E-state index in [1.165, 1.54) is 26.2 Å². The average Bonchev–Trinajstić information content (AvgIpc) is 3.46. The first kappa shape index (κ1) is 19.7. The van der Waals surface area contributed by atoms with Crippen LogP contribution in [0.5, 0.6) is 0 Å². The van der Waals surface area contributed by atoms with E-state index in [0.29, 0.717) is 5.95 Å². The number of pyridine rings is 1. The Bertz CT molecular complexity index is 2100. The number of rotatable bonds is 2. The van der Waals surface area contributed by atoms with Gasteiger partial charge in [0.25, 0.3) is 0 Å². The number of aromatic nitrogens is 4. The van der Waals surface area contributed by atoms with E-state index in [1.807, 2.05) is 30.5 Å². The van der Waals surface area contributed by atoms with Crippen molar-refractivity contribution in [2.24, 2.45) is 0 Å². The number of fused-ring (bicyclic) bond motifs is 7. The molecule has 8 rings (SSSR count). The maximum absolute atomic E-state index is 5.19. The molecule has 0 N–H and O–H groups in total. The molecule has 0 fully saturated rings. The molecule has 0 bridgehead atoms. The van der Waals surface area contributed by atoms with Crippen LogP contribution >= 0.6 is 11.3 Å². The van der Waals surface area contributed by atoms with E-state index < -0.39 is 0 Å². The van der Waals surface area contributed by atoms with E-state index in [0.717, 1.165) is 38.0 Å². The molecule has 5 heteroatoms. The number of para-hydroxylation sites is 2. The van der Waals surface area contributed by atoms with Crippen molar-refractivity contribution in [2.45, 2.75) is 0 Å². The molecule has 4 aromatic heterocycles. The summed E-state index contributed by atoms with van der Waals surface area (Å²) >= 11 is 1.74. The Hall–Kier alpha value is -4.61. The number of benzene rings is 4. The highest BCUT2D eigenvalue weighted by atomic mass is 32.1. The second-order valence-corrected chi connectivity index (χ2v) is 9.96. The summed E-state index contributed by atoms with van der Waals surface area (Å²) in [5, 5.41) is 5.83. The van der Waals surface area contributed by atoms with Crippen LogP contribution in [0, 0.1) is 0 Å². The van der Waals surface area contributed by atoms with Gasteiger partial charge < -0.3 is 0 Å². The van der Waals surface area contributed by atoms with Crippen LogP contribution in [0.2, 0.25) is 0 Å². The van der Waals surface area contributed by atoms with Crippen LogP contribution in [-0.2, 0) is 0 Å². The van der Waals surface area contributed by atoms with Crippen molar-refractivity contribution in [1.29, 1.82) is 0 Å². The summed E-state index contributed by atoms with van der Waals surface area (Å²) in [6, 6.07) is 35.9. The van der Waals surface area contributed by atoms with Gasteiger partial charge in [-0.1, -0.05) is 66.7 Å². The van der Waals surface area contributed by atoms with E-state index >= 15 is 0 Å². The molecule has 0 spiro atoms. The van der Waals surface area contributed by atoms with Gasteiger partial charge in [-0.25, -0.2) is 15.0 Å². The first-order valence-electron chi connectivity index (χ1n) is 11.9. The summed E-state index contributed by atoms with van der Waals surface area (Å²) in [6.07, 6.45) is 1.86. The monoisotopic (exact) mass is 478 g/mol. The summed E-state index contributed by atoms with van der Waals surface area (Å²) in [4.78, 5) is 15.9. The van der Waals surface area contributed by atoms with Gasteiger partial charge in [0.2, 0.25) is 5.95 Å². The SMILES string of the molecule is c1ccc(-c2nc(-n3c4ccccc4c4cc5sc6ncccc6c5cc43)nc3ccccc23)cc1. The highest BCUT2D eigenvalue weighted by molar-refractivity contribution is 7.25. The smallest absolute Gasteiger partial charge is 0.235 e. The molecule has 0 saturated carbocycles. The zero-order chi connectivity index (χ0) is 23.6. The lowest BCUT2D eigenvalue weighted by Crippen LogP contribution is -2.03. The second-order valence-electron chi connectivity index (χ2n) is 8.93. The number of thiophene rings is 1. The van der Waals surface area contributed by atoms with Gasteiger partial charge in [-0.2, -0.15) is 0 Å². The van der Waals surface area contributed by atoms with Gasteiger partial charge in [0, 0.05) is 43.4 Å². The fourth-order valence-electron chi connectivity index (χ4n) is 5.27. The predicted octanol–water partition coefficient (Wildman–Crippen LogP) is 8.16. The molecule has 0 aliphatic rings. The van der Waals surface area contributed by atoms with E-state index in [2.05, 4.69) is 88.4 Å². The van der Waals surface area contributed by atoms with Gasteiger partial charge in [-0.05, 0) is 36.4 Å². The molecule has 0 amide bonds. The molecule has 0 aliphatic heterocycles. The molecule has 8 aromatic rings. The largest absolute Gasteiger partial charge is 0.278 e. The van der Waals surface area contributed by atoms with Crippen LogP contribution in [0.4, 0.5) is 0 Å². The summed E-state index contributed by atoms with van der Waals surface area (Å²) in [7, 11) is 0. The maximum Gasteiger partial charge on any atom is 0.235 e. The van der Waals surface area contributed by atoms with Crippen LogP contribution in [0.3, 0.4) is 0 Å². The topological polar surface area (TPSA) is 43.6 Å². The maximum atomic E-state index is 5.19. The van der Waals surface area contributed by atoms with Crippen molar-refractivity contribution in [1.82, 2.24) is 19.5 Å². The summed E-state index contributed by atoms with van der Waals surface area (Å²) in [5.74, 6) is 0.677. The molecule has 4 heterocycles. The zero-order valence-electron chi connectivity index (χ0n) is 19.1. The minimum atomic E-state index is 0.677. The minimum Gasteiger partial charge on any atom is -0.278 e. The molecule has 0 saturated heterocycles. The normalized spacial score (nSPS) is 11.9. The standard InChI is InChI=1S/C31H18N4S/c1-2-9-19(10-3-1)29-22-12-4-6-14-25(22)33-31(34-29)35-26-15-7-5-11-20(26)23-18-28-24(17-27(23)35)21-13-8-16-32-30(21)36-28/h1-18H. The Morgan fingerprint density at radius 1 is 0.583 bits per heavy atom. The van der Waals surface area contributed by atoms with E-state index in [9.17, 15) is 0 Å². The lowest BCUT2D eigenvalue weighted by molar-refractivity contribution is 1.01. The lowest BCUT2D eigenvalue weighted by Gasteiger charge is -2.11. The van der Waals surface area contributed by atoms with Gasteiger partial charge in [0.1, 0.15) is 4.83 Å². The van der Waals surface area contributed by atoms with Crippen molar-refractivity contribution in [3.63, 3.8) is 0 Å². The van der Waals surface area contributed by atoms with Crippen LogP contribution in [-0.4, -0.2) is 19.5 Å². The van der Waals surface area contributed by atoms with Crippen LogP contribution in [0.15, 0.2) is 109 Å². The van der Waals surface area contributed by atoms with E-state index in [4.69, 9.17) is 9.97 Å². The van der Waals surface area contributed by atoms with Gasteiger partial charge in [0.15, 0.2) is 0 Å². The molecule has 4 nitrogen and oxygen atoms in total. The Morgan fingerprint density at radius 3 is 2.28 bits per heavy atom. The average molecular weight is 479 g/mol. The third-order valence-corrected chi connectivity index (χ3v) is 7.96. The van der Waals surface area contributed by atoms with Crippen molar-refractivity contribution < 1.29 is 0 Å². The first-order chi connectivity index (χ1) is 17.8. The molecule has 4 aromatic carbocycles. The summed E-state index contributed by atoms with van der Waals surface area (Å²) in [5.41, 5.74) is 5.14. The second kappa shape index (κ2) is 7.44. The third kappa shape index (κ3) is 2.78. The minimum absolute atomic E-state index is 0.677. The van der Waals surface area contributed by atoms with Crippen LogP contribution < -0.4 is 0 Å². The fourth-order valence-corrected chi connectivity index (χ4v) is 6.33. The van der Waals surface area contributed by atoms with Gasteiger partial charge >= 0.3 is 0 Å². The van der Waals surface area contributed by atoms with Crippen LogP contribution in [0.1, 0.15) is 0 Å². The molecular weight excluding hydrogens is 460 g/mol. The predicted molar refractivity (Wildman–Crippen MR) is 150 cm³/mol. The molecule has 168 valence electrons. The van der Waals surface area contributed by atoms with Crippen molar-refractivity contribution in [3.05, 3.63) is 109 Å². The van der Waals surface area contributed by atoms with E-state index in [-0.39, 0.29) is 0 Å². The quantitative estimate of drug-likeness (QED) is 0.252. The van der Waals surface area contributed by atoms with Crippen molar-refractivity contribution >= 4 is 64.3 Å². The fraction of sp³-hybridized carbons (Fsp3) is 0. The Balaban J connectivity index is 1.53. The first-order valence-corrected chi connectivity index (χ1v) is 12.7. The van der Waals surface area contributed by atoms with E-state index in [1.54, 1.807) is 11.3 Å². The molecule has 36 heavy (non-hydrogen) atoms. The zero-order valence-corrected chi connectivity index (χ0v) is 19.9. The summed E-state index contributed by atoms with van der Waals surface area (Å²) in [6.45, 7) is 0. The highest BCUT2D eigenvalue weighted by Gasteiger charge is 2.18. The van der Waals surface area contributed by atoms with Gasteiger partial charge in [0.05, 0.1) is 22.2 Å². The third-order valence-electron chi connectivity index (χ3n) is 6.88. The molecule has 0 radical (unpaired) electrons. The van der Waals surface area contributed by atoms with Gasteiger partial charge in [-0.15, -0.1) is 11.3 Å².